The van der Waals surface area contributed by atoms with E-state index in [-0.39, 0.29) is 12.1 Å². The molecule has 0 amide bonds. The van der Waals surface area contributed by atoms with E-state index < -0.39 is 0 Å². The number of rotatable bonds is 9. The minimum absolute atomic E-state index is 0.00637. The number of nitrogens with zero attached hydrogens (tertiary/aromatic N) is 4. The maximum atomic E-state index is 5.88. The van der Waals surface area contributed by atoms with Gasteiger partial charge in [0.15, 0.2) is 5.11 Å². The Morgan fingerprint density at radius 1 is 1.00 bits per heavy atom. The van der Waals surface area contributed by atoms with Crippen molar-refractivity contribution in [3.8, 4) is 0 Å². The molecule has 4 heterocycles. The third kappa shape index (κ3) is 5.11. The van der Waals surface area contributed by atoms with Crippen molar-refractivity contribution in [2.45, 2.75) is 38.9 Å². The van der Waals surface area contributed by atoms with E-state index in [1.165, 1.54) is 22.5 Å². The Hall–Kier alpha value is -3.71. The van der Waals surface area contributed by atoms with Crippen molar-refractivity contribution in [2.75, 3.05) is 18.4 Å². The van der Waals surface area contributed by atoms with Crippen molar-refractivity contribution < 1.29 is 0 Å². The minimum Gasteiger partial charge on any atom is -0.385 e. The maximum absolute atomic E-state index is 5.88. The van der Waals surface area contributed by atoms with Gasteiger partial charge in [-0.05, 0) is 80.0 Å². The smallest absolute Gasteiger partial charge is 0.170 e. The number of hydrogen-bond donors (Lipinski definition) is 2. The summed E-state index contributed by atoms with van der Waals surface area (Å²) in [4.78, 5) is 11.3. The van der Waals surface area contributed by atoms with Crippen LogP contribution in [0.2, 0.25) is 0 Å². The first-order valence-electron chi connectivity index (χ1n) is 12.4. The Kier molecular flexibility index (Phi) is 7.28. The average Bonchev–Trinajstić information content (AvgIpc) is 3.38. The number of nitrogens with one attached hydrogen (secondary N) is 2. The van der Waals surface area contributed by atoms with Crippen molar-refractivity contribution in [3.05, 3.63) is 114 Å². The van der Waals surface area contributed by atoms with E-state index in [1.54, 1.807) is 0 Å². The molecule has 0 bridgehead atoms. The summed E-state index contributed by atoms with van der Waals surface area (Å²) in [5.74, 6) is 0. The van der Waals surface area contributed by atoms with Gasteiger partial charge in [-0.3, -0.25) is 9.97 Å². The first-order valence-corrected chi connectivity index (χ1v) is 12.8. The third-order valence-corrected chi connectivity index (χ3v) is 7.22. The van der Waals surface area contributed by atoms with Crippen LogP contribution in [0, 0.1) is 13.8 Å². The Labute approximate surface area is 218 Å². The SMILES string of the molecule is Cc1cc(C2C(c3ccccn3)NC(=S)N2CCCNc2ccccc2)c(C)n1Cc1cccnc1. The summed E-state index contributed by atoms with van der Waals surface area (Å²) in [6, 6.07) is 22.9. The van der Waals surface area contributed by atoms with Gasteiger partial charge in [0.05, 0.1) is 17.8 Å². The molecule has 2 unspecified atom stereocenters. The molecule has 0 saturated carbocycles. The molecule has 36 heavy (non-hydrogen) atoms. The lowest BCUT2D eigenvalue weighted by atomic mass is 9.96. The highest BCUT2D eigenvalue weighted by atomic mass is 32.1. The van der Waals surface area contributed by atoms with Gasteiger partial charge in [0.2, 0.25) is 0 Å². The second-order valence-electron chi connectivity index (χ2n) is 9.24. The summed E-state index contributed by atoms with van der Waals surface area (Å²) in [5, 5.41) is 7.89. The Morgan fingerprint density at radius 2 is 1.83 bits per heavy atom. The molecule has 1 fully saturated rings. The van der Waals surface area contributed by atoms with Crippen LogP contribution < -0.4 is 10.6 Å². The number of aromatic nitrogens is 3. The van der Waals surface area contributed by atoms with Crippen LogP contribution in [0.3, 0.4) is 0 Å². The maximum Gasteiger partial charge on any atom is 0.170 e. The van der Waals surface area contributed by atoms with E-state index in [2.05, 4.69) is 81.4 Å². The average molecular weight is 497 g/mol. The van der Waals surface area contributed by atoms with Crippen LogP contribution in [0.25, 0.3) is 0 Å². The molecule has 6 nitrogen and oxygen atoms in total. The van der Waals surface area contributed by atoms with E-state index in [0.717, 1.165) is 42.5 Å². The van der Waals surface area contributed by atoms with E-state index >= 15 is 0 Å². The fourth-order valence-corrected chi connectivity index (χ4v) is 5.40. The molecule has 7 heteroatoms. The van der Waals surface area contributed by atoms with E-state index in [4.69, 9.17) is 17.2 Å². The summed E-state index contributed by atoms with van der Waals surface area (Å²) in [5.41, 5.74) is 7.11. The lowest BCUT2D eigenvalue weighted by molar-refractivity contribution is 0.315. The number of aryl methyl sites for hydroxylation is 1. The van der Waals surface area contributed by atoms with Gasteiger partial charge in [0.25, 0.3) is 0 Å². The van der Waals surface area contributed by atoms with Gasteiger partial charge >= 0.3 is 0 Å². The van der Waals surface area contributed by atoms with E-state index in [0.29, 0.717) is 0 Å². The molecule has 1 aliphatic heterocycles. The Balaban J connectivity index is 1.41. The van der Waals surface area contributed by atoms with Crippen LogP contribution in [0.15, 0.2) is 85.3 Å². The second-order valence-corrected chi connectivity index (χ2v) is 9.63. The second kappa shape index (κ2) is 10.9. The zero-order valence-corrected chi connectivity index (χ0v) is 21.6. The molecule has 5 rings (SSSR count). The largest absolute Gasteiger partial charge is 0.385 e. The number of anilines is 1. The summed E-state index contributed by atoms with van der Waals surface area (Å²) < 4.78 is 2.37. The van der Waals surface area contributed by atoms with Gasteiger partial charge < -0.3 is 20.1 Å². The van der Waals surface area contributed by atoms with Crippen LogP contribution in [0.5, 0.6) is 0 Å². The molecule has 1 aliphatic rings. The zero-order chi connectivity index (χ0) is 24.9. The van der Waals surface area contributed by atoms with Crippen LogP contribution in [-0.4, -0.2) is 37.6 Å². The summed E-state index contributed by atoms with van der Waals surface area (Å²) in [7, 11) is 0. The summed E-state index contributed by atoms with van der Waals surface area (Å²) in [6.45, 7) is 6.92. The van der Waals surface area contributed by atoms with E-state index in [1.807, 2.05) is 42.9 Å². The van der Waals surface area contributed by atoms with Gasteiger partial charge in [-0.2, -0.15) is 0 Å². The van der Waals surface area contributed by atoms with Crippen LogP contribution >= 0.6 is 12.2 Å². The molecular formula is C29H32N6S. The molecule has 1 aromatic carbocycles. The number of para-hydroxylation sites is 1. The topological polar surface area (TPSA) is 58.0 Å². The monoisotopic (exact) mass is 496 g/mol. The molecule has 0 aliphatic carbocycles. The van der Waals surface area contributed by atoms with Gasteiger partial charge in [-0.25, -0.2) is 0 Å². The molecular weight excluding hydrogens is 464 g/mol. The van der Waals surface area contributed by atoms with Crippen molar-refractivity contribution in [1.82, 2.24) is 24.8 Å². The van der Waals surface area contributed by atoms with E-state index in [9.17, 15) is 0 Å². The Morgan fingerprint density at radius 3 is 2.58 bits per heavy atom. The van der Waals surface area contributed by atoms with Crippen molar-refractivity contribution in [3.63, 3.8) is 0 Å². The molecule has 4 aromatic rings. The highest BCUT2D eigenvalue weighted by Gasteiger charge is 2.41. The predicted octanol–water partition coefficient (Wildman–Crippen LogP) is 5.42. The van der Waals surface area contributed by atoms with Crippen LogP contribution in [-0.2, 0) is 6.54 Å². The van der Waals surface area contributed by atoms with Gasteiger partial charge in [0.1, 0.15) is 0 Å². The van der Waals surface area contributed by atoms with Gasteiger partial charge in [0, 0.05) is 55.3 Å². The quantitative estimate of drug-likeness (QED) is 0.238. The first-order chi connectivity index (χ1) is 17.6. The van der Waals surface area contributed by atoms with Crippen LogP contribution in [0.4, 0.5) is 5.69 Å². The highest BCUT2D eigenvalue weighted by Crippen LogP contribution is 2.41. The normalized spacial score (nSPS) is 17.3. The Bertz CT molecular complexity index is 1290. The standard InChI is InChI=1S/C29H32N6S/c1-21-18-25(22(2)35(21)20-23-10-8-14-30-19-23)28-27(26-13-6-7-15-32-26)33-29(36)34(28)17-9-16-31-24-11-4-3-5-12-24/h3-8,10-15,18-19,27-28,31H,9,16-17,20H2,1-2H3,(H,33,36). The molecule has 184 valence electrons. The molecule has 2 N–H and O–H groups in total. The molecule has 3 aromatic heterocycles. The molecule has 2 atom stereocenters. The highest BCUT2D eigenvalue weighted by molar-refractivity contribution is 7.80. The van der Waals surface area contributed by atoms with Crippen LogP contribution in [0.1, 0.15) is 46.7 Å². The fraction of sp³-hybridized carbons (Fsp3) is 0.276. The lowest BCUT2D eigenvalue weighted by Gasteiger charge is -2.28. The third-order valence-electron chi connectivity index (χ3n) is 6.87. The lowest BCUT2D eigenvalue weighted by Crippen LogP contribution is -2.31. The molecule has 0 spiro atoms. The fourth-order valence-electron chi connectivity index (χ4n) is 5.07. The number of pyridine rings is 2. The summed E-state index contributed by atoms with van der Waals surface area (Å²) >= 11 is 5.88. The first kappa shape index (κ1) is 24.0. The summed E-state index contributed by atoms with van der Waals surface area (Å²) in [6.07, 6.45) is 6.58. The number of benzene rings is 1. The number of hydrogen-bond acceptors (Lipinski definition) is 4. The minimum atomic E-state index is -0.00637. The van der Waals surface area contributed by atoms with Crippen molar-refractivity contribution in [1.29, 1.82) is 0 Å². The zero-order valence-electron chi connectivity index (χ0n) is 20.8. The number of thiocarbonyl (C=S) groups is 1. The molecule has 0 radical (unpaired) electrons. The van der Waals surface area contributed by atoms with Gasteiger partial charge in [-0.15, -0.1) is 0 Å². The van der Waals surface area contributed by atoms with Crippen molar-refractivity contribution >= 4 is 23.0 Å². The van der Waals surface area contributed by atoms with Crippen molar-refractivity contribution in [2.24, 2.45) is 0 Å². The predicted molar refractivity (Wildman–Crippen MR) is 149 cm³/mol. The molecule has 1 saturated heterocycles. The van der Waals surface area contributed by atoms with Gasteiger partial charge in [-0.1, -0.05) is 30.3 Å².